The van der Waals surface area contributed by atoms with Gasteiger partial charge in [-0.25, -0.2) is 4.79 Å². The second-order valence-corrected chi connectivity index (χ2v) is 8.00. The second-order valence-electron chi connectivity index (χ2n) is 8.00. The highest BCUT2D eigenvalue weighted by Crippen LogP contribution is 2.12. The molecule has 0 saturated heterocycles. The minimum absolute atomic E-state index is 0.128. The lowest BCUT2D eigenvalue weighted by molar-refractivity contribution is -0.139. The van der Waals surface area contributed by atoms with E-state index in [0.29, 0.717) is 10.9 Å². The van der Waals surface area contributed by atoms with Gasteiger partial charge in [-0.3, -0.25) is 14.4 Å². The molecule has 2 heterocycles. The molecular formula is C21H21B2N3O9. The third-order valence-electron chi connectivity index (χ3n) is 5.66. The van der Waals surface area contributed by atoms with Gasteiger partial charge in [0.05, 0.1) is 19.8 Å². The smallest absolute Gasteiger partial charge is 0.480 e. The van der Waals surface area contributed by atoms with Crippen LogP contribution in [0.15, 0.2) is 36.4 Å². The summed E-state index contributed by atoms with van der Waals surface area (Å²) in [4.78, 5) is 48.5. The molecule has 0 fully saturated rings. The first kappa shape index (κ1) is 24.4. The standard InChI is InChI=1S/C21H21B2N3O9/c27-18(8-25-19(28)11-1-3-13-9-34-22(32)15(13)5-11)24-7-17(21(30)31)26-20(29)12-2-4-14-10-35-23(33)16(14)6-12/h1-6,17,32-33H,7-10H2,(H,24,27)(H,25,28)(H,26,29)(H,30,31)/t17-/m0/s1. The number of fused-ring (bicyclic) bond motifs is 2. The first-order valence-corrected chi connectivity index (χ1v) is 10.7. The fourth-order valence-corrected chi connectivity index (χ4v) is 3.69. The number of carboxylic acids is 1. The maximum Gasteiger partial charge on any atom is 0.491 e. The van der Waals surface area contributed by atoms with Gasteiger partial charge in [0, 0.05) is 17.7 Å². The Morgan fingerprint density at radius 3 is 1.94 bits per heavy atom. The van der Waals surface area contributed by atoms with Crippen LogP contribution in [0.3, 0.4) is 0 Å². The monoisotopic (exact) mass is 481 g/mol. The molecule has 0 aromatic heterocycles. The number of benzene rings is 2. The van der Waals surface area contributed by atoms with E-state index in [1.165, 1.54) is 24.3 Å². The second kappa shape index (κ2) is 10.3. The molecule has 0 spiro atoms. The molecule has 35 heavy (non-hydrogen) atoms. The molecule has 0 saturated carbocycles. The molecule has 3 amide bonds. The number of carbonyl (C=O) groups excluding carboxylic acids is 3. The molecule has 180 valence electrons. The molecule has 2 aromatic rings. The molecule has 6 N–H and O–H groups in total. The van der Waals surface area contributed by atoms with Crippen LogP contribution in [0.4, 0.5) is 0 Å². The van der Waals surface area contributed by atoms with Crippen molar-refractivity contribution in [1.82, 2.24) is 16.0 Å². The van der Waals surface area contributed by atoms with Crippen LogP contribution in [0, 0.1) is 0 Å². The van der Waals surface area contributed by atoms with Crippen molar-refractivity contribution in [1.29, 1.82) is 0 Å². The molecule has 0 bridgehead atoms. The lowest BCUT2D eigenvalue weighted by atomic mass is 9.79. The van der Waals surface area contributed by atoms with Gasteiger partial charge in [0.25, 0.3) is 11.8 Å². The summed E-state index contributed by atoms with van der Waals surface area (Å²) in [5, 5.41) is 36.0. The van der Waals surface area contributed by atoms with Crippen molar-refractivity contribution in [2.45, 2.75) is 19.3 Å². The lowest BCUT2D eigenvalue weighted by Gasteiger charge is -2.16. The van der Waals surface area contributed by atoms with Gasteiger partial charge >= 0.3 is 20.2 Å². The van der Waals surface area contributed by atoms with Crippen molar-refractivity contribution in [2.24, 2.45) is 0 Å². The normalized spacial score (nSPS) is 14.7. The van der Waals surface area contributed by atoms with E-state index in [0.717, 1.165) is 11.1 Å². The predicted octanol–water partition coefficient (Wildman–Crippen LogP) is -3.15. The number of carbonyl (C=O) groups is 4. The summed E-state index contributed by atoms with van der Waals surface area (Å²) in [5.74, 6) is -3.30. The van der Waals surface area contributed by atoms with Crippen LogP contribution < -0.4 is 26.9 Å². The minimum Gasteiger partial charge on any atom is -0.480 e. The third kappa shape index (κ3) is 5.52. The van der Waals surface area contributed by atoms with Gasteiger partial charge < -0.3 is 40.4 Å². The molecular weight excluding hydrogens is 460 g/mol. The Morgan fingerprint density at radius 1 is 0.857 bits per heavy atom. The van der Waals surface area contributed by atoms with Crippen LogP contribution in [0.5, 0.6) is 0 Å². The van der Waals surface area contributed by atoms with E-state index < -0.39 is 57.1 Å². The topological polar surface area (TPSA) is 184 Å². The van der Waals surface area contributed by atoms with E-state index in [9.17, 15) is 34.3 Å². The summed E-state index contributed by atoms with van der Waals surface area (Å²) in [5.41, 5.74) is 2.75. The highest BCUT2D eigenvalue weighted by atomic mass is 16.5. The van der Waals surface area contributed by atoms with Crippen molar-refractivity contribution in [3.05, 3.63) is 58.7 Å². The average molecular weight is 481 g/mol. The first-order chi connectivity index (χ1) is 16.7. The number of rotatable bonds is 8. The van der Waals surface area contributed by atoms with Crippen LogP contribution in [0.2, 0.25) is 0 Å². The van der Waals surface area contributed by atoms with Gasteiger partial charge in [0.2, 0.25) is 5.91 Å². The van der Waals surface area contributed by atoms with Crippen molar-refractivity contribution in [3.8, 4) is 0 Å². The Kier molecular flexibility index (Phi) is 7.17. The Balaban J connectivity index is 1.28. The molecule has 1 atom stereocenters. The van der Waals surface area contributed by atoms with E-state index >= 15 is 0 Å². The van der Waals surface area contributed by atoms with Crippen molar-refractivity contribution in [2.75, 3.05) is 13.1 Å². The highest BCUT2D eigenvalue weighted by Gasteiger charge is 2.30. The van der Waals surface area contributed by atoms with Gasteiger partial charge in [-0.05, 0) is 46.3 Å². The van der Waals surface area contributed by atoms with Crippen molar-refractivity contribution in [3.63, 3.8) is 0 Å². The van der Waals surface area contributed by atoms with Crippen molar-refractivity contribution < 1.29 is 43.6 Å². The zero-order chi connectivity index (χ0) is 25.1. The zero-order valence-electron chi connectivity index (χ0n) is 18.3. The van der Waals surface area contributed by atoms with Gasteiger partial charge in [0.15, 0.2) is 0 Å². The number of hydrogen-bond acceptors (Lipinski definition) is 8. The van der Waals surface area contributed by atoms with E-state index in [1.807, 2.05) is 0 Å². The summed E-state index contributed by atoms with van der Waals surface area (Å²) < 4.78 is 10.1. The summed E-state index contributed by atoms with van der Waals surface area (Å²) in [6.07, 6.45) is 0. The number of nitrogens with one attached hydrogen (secondary N) is 3. The summed E-state index contributed by atoms with van der Waals surface area (Å²) >= 11 is 0. The molecule has 0 aliphatic carbocycles. The molecule has 2 aliphatic heterocycles. The Labute approximate surface area is 199 Å². The van der Waals surface area contributed by atoms with E-state index in [1.54, 1.807) is 12.1 Å². The van der Waals surface area contributed by atoms with Crippen LogP contribution in [-0.2, 0) is 32.1 Å². The van der Waals surface area contributed by atoms with Crippen molar-refractivity contribution >= 4 is 48.9 Å². The molecule has 2 aliphatic rings. The Hall–Kier alpha value is -3.71. The lowest BCUT2D eigenvalue weighted by Crippen LogP contribution is -2.50. The molecule has 0 radical (unpaired) electrons. The summed E-state index contributed by atoms with van der Waals surface area (Å²) in [7, 11) is -2.27. The number of aliphatic carboxylic acids is 1. The maximum atomic E-state index is 12.5. The third-order valence-corrected chi connectivity index (χ3v) is 5.66. The fourth-order valence-electron chi connectivity index (χ4n) is 3.69. The molecule has 12 nitrogen and oxygen atoms in total. The average Bonchev–Trinajstić information content (AvgIpc) is 3.41. The number of amides is 3. The van der Waals surface area contributed by atoms with E-state index in [4.69, 9.17) is 9.31 Å². The number of hydrogen-bond donors (Lipinski definition) is 6. The molecule has 4 rings (SSSR count). The Bertz CT molecular complexity index is 1190. The van der Waals surface area contributed by atoms with Gasteiger partial charge in [0.1, 0.15) is 6.04 Å². The van der Waals surface area contributed by atoms with Crippen LogP contribution in [0.1, 0.15) is 31.8 Å². The van der Waals surface area contributed by atoms with Crippen LogP contribution in [-0.4, -0.2) is 72.2 Å². The largest absolute Gasteiger partial charge is 0.491 e. The van der Waals surface area contributed by atoms with Gasteiger partial charge in [-0.15, -0.1) is 0 Å². The quantitative estimate of drug-likeness (QED) is 0.212. The zero-order valence-corrected chi connectivity index (χ0v) is 18.3. The summed E-state index contributed by atoms with van der Waals surface area (Å²) in [6, 6.07) is 7.72. The predicted molar refractivity (Wildman–Crippen MR) is 122 cm³/mol. The van der Waals surface area contributed by atoms with E-state index in [2.05, 4.69) is 16.0 Å². The van der Waals surface area contributed by atoms with Crippen LogP contribution >= 0.6 is 0 Å². The van der Waals surface area contributed by atoms with Crippen LogP contribution in [0.25, 0.3) is 0 Å². The fraction of sp³-hybridized carbons (Fsp3) is 0.238. The Morgan fingerprint density at radius 2 is 1.40 bits per heavy atom. The maximum absolute atomic E-state index is 12.5. The SMILES string of the molecule is O=C(CNC(=O)c1ccc2c(c1)B(O)OC2)NC[C@H](NC(=O)c1ccc2c(c1)B(O)OC2)C(=O)O. The van der Waals surface area contributed by atoms with E-state index in [-0.39, 0.29) is 24.3 Å². The van der Waals surface area contributed by atoms with Gasteiger partial charge in [-0.1, -0.05) is 12.1 Å². The molecule has 14 heteroatoms. The number of carboxylic acid groups (broad SMARTS) is 1. The highest BCUT2D eigenvalue weighted by molar-refractivity contribution is 6.62. The molecule has 2 aromatic carbocycles. The molecule has 0 unspecified atom stereocenters. The first-order valence-electron chi connectivity index (χ1n) is 10.7. The summed E-state index contributed by atoms with van der Waals surface area (Å²) in [6.45, 7) is -0.403. The van der Waals surface area contributed by atoms with Gasteiger partial charge in [-0.2, -0.15) is 0 Å². The minimum atomic E-state index is -1.44.